The molecular weight excluding hydrogens is 246 g/mol. The predicted octanol–water partition coefficient (Wildman–Crippen LogP) is 4.06. The van der Waals surface area contributed by atoms with E-state index in [0.29, 0.717) is 11.6 Å². The Morgan fingerprint density at radius 2 is 1.78 bits per heavy atom. The normalized spacial score (nSPS) is 10.3. The van der Waals surface area contributed by atoms with Crippen LogP contribution in [0.3, 0.4) is 0 Å². The van der Waals surface area contributed by atoms with E-state index in [-0.39, 0.29) is 0 Å². The van der Waals surface area contributed by atoms with Gasteiger partial charge in [-0.15, -0.1) is 0 Å². The average molecular weight is 262 g/mol. The fraction of sp³-hybridized carbons (Fsp3) is 0.200. The summed E-state index contributed by atoms with van der Waals surface area (Å²) in [4.78, 5) is 0. The summed E-state index contributed by atoms with van der Waals surface area (Å²) in [6.45, 7) is 2.65. The second-order valence-electron chi connectivity index (χ2n) is 4.12. The summed E-state index contributed by atoms with van der Waals surface area (Å²) in [5.41, 5.74) is 8.96. The lowest BCUT2D eigenvalue weighted by Gasteiger charge is -2.11. The lowest BCUT2D eigenvalue weighted by Crippen LogP contribution is -2.01. The first kappa shape index (κ1) is 12.8. The Morgan fingerprint density at radius 1 is 1.06 bits per heavy atom. The lowest BCUT2D eigenvalue weighted by atomic mass is 10.1. The molecule has 0 unspecified atom stereocenters. The Labute approximate surface area is 112 Å². The van der Waals surface area contributed by atoms with E-state index in [9.17, 15) is 0 Å². The van der Waals surface area contributed by atoms with E-state index in [2.05, 4.69) is 13.0 Å². The van der Waals surface area contributed by atoms with Crippen LogP contribution in [0.25, 0.3) is 0 Å². The van der Waals surface area contributed by atoms with Crippen LogP contribution in [0.4, 0.5) is 5.69 Å². The molecule has 0 bridgehead atoms. The first-order valence-corrected chi connectivity index (χ1v) is 6.32. The summed E-state index contributed by atoms with van der Waals surface area (Å²) >= 11 is 5.83. The molecule has 2 aromatic carbocycles. The molecule has 0 saturated heterocycles. The van der Waals surface area contributed by atoms with Gasteiger partial charge in [-0.1, -0.05) is 24.6 Å². The zero-order chi connectivity index (χ0) is 13.0. The molecule has 2 N–H and O–H groups in total. The Morgan fingerprint density at radius 3 is 2.44 bits per heavy atom. The maximum atomic E-state index is 5.83. The predicted molar refractivity (Wildman–Crippen MR) is 76.0 cm³/mol. The van der Waals surface area contributed by atoms with E-state index in [4.69, 9.17) is 22.1 Å². The van der Waals surface area contributed by atoms with Gasteiger partial charge >= 0.3 is 0 Å². The van der Waals surface area contributed by atoms with Gasteiger partial charge in [0.05, 0.1) is 0 Å². The molecule has 0 radical (unpaired) electrons. The highest BCUT2D eigenvalue weighted by molar-refractivity contribution is 6.30. The van der Waals surface area contributed by atoms with E-state index in [1.54, 1.807) is 0 Å². The van der Waals surface area contributed by atoms with Gasteiger partial charge in [0.15, 0.2) is 0 Å². The third-order valence-electron chi connectivity index (χ3n) is 2.82. The van der Waals surface area contributed by atoms with Crippen LogP contribution < -0.4 is 10.5 Å². The molecule has 2 nitrogen and oxygen atoms in total. The number of hydrogen-bond acceptors (Lipinski definition) is 2. The number of nitrogens with two attached hydrogens (primary N) is 1. The first-order valence-electron chi connectivity index (χ1n) is 5.94. The smallest absolute Gasteiger partial charge is 0.119 e. The SMILES string of the molecule is CCc1ccc(N)cc1COc1ccc(Cl)cc1. The van der Waals surface area contributed by atoms with Crippen molar-refractivity contribution in [3.05, 3.63) is 58.6 Å². The average Bonchev–Trinajstić information content (AvgIpc) is 2.38. The second kappa shape index (κ2) is 5.78. The van der Waals surface area contributed by atoms with E-state index >= 15 is 0 Å². The Hall–Kier alpha value is -1.67. The van der Waals surface area contributed by atoms with Gasteiger partial charge in [0.2, 0.25) is 0 Å². The Balaban J connectivity index is 2.09. The molecule has 18 heavy (non-hydrogen) atoms. The number of anilines is 1. The highest BCUT2D eigenvalue weighted by Gasteiger charge is 2.03. The summed E-state index contributed by atoms with van der Waals surface area (Å²) in [6.07, 6.45) is 0.972. The summed E-state index contributed by atoms with van der Waals surface area (Å²) in [5, 5.41) is 0.709. The molecule has 0 amide bonds. The van der Waals surface area contributed by atoms with Crippen molar-refractivity contribution in [1.82, 2.24) is 0 Å². The summed E-state index contributed by atoms with van der Waals surface area (Å²) in [5.74, 6) is 0.809. The third kappa shape index (κ3) is 3.17. The number of nitrogen functional groups attached to an aromatic ring is 1. The fourth-order valence-electron chi connectivity index (χ4n) is 1.82. The van der Waals surface area contributed by atoms with Gasteiger partial charge in [-0.25, -0.2) is 0 Å². The molecular formula is C15H16ClNO. The lowest BCUT2D eigenvalue weighted by molar-refractivity contribution is 0.305. The van der Waals surface area contributed by atoms with Crippen molar-refractivity contribution in [3.8, 4) is 5.75 Å². The molecule has 0 fully saturated rings. The molecule has 2 rings (SSSR count). The molecule has 0 saturated carbocycles. The van der Waals surface area contributed by atoms with Gasteiger partial charge in [-0.3, -0.25) is 0 Å². The van der Waals surface area contributed by atoms with Crippen molar-refractivity contribution >= 4 is 17.3 Å². The molecule has 0 aliphatic heterocycles. The molecule has 94 valence electrons. The minimum atomic E-state index is 0.524. The molecule has 0 heterocycles. The minimum Gasteiger partial charge on any atom is -0.489 e. The molecule has 0 aliphatic rings. The zero-order valence-corrected chi connectivity index (χ0v) is 11.1. The number of ether oxygens (including phenoxy) is 1. The maximum Gasteiger partial charge on any atom is 0.119 e. The van der Waals surface area contributed by atoms with Crippen LogP contribution in [-0.4, -0.2) is 0 Å². The molecule has 0 aromatic heterocycles. The van der Waals surface area contributed by atoms with Crippen LogP contribution in [0.1, 0.15) is 18.1 Å². The van der Waals surface area contributed by atoms with Crippen LogP contribution in [0.2, 0.25) is 5.02 Å². The first-order chi connectivity index (χ1) is 8.69. The summed E-state index contributed by atoms with van der Waals surface area (Å²) in [7, 11) is 0. The van der Waals surface area contributed by atoms with Crippen LogP contribution in [0.5, 0.6) is 5.75 Å². The van der Waals surface area contributed by atoms with Crippen molar-refractivity contribution in [2.24, 2.45) is 0 Å². The number of benzene rings is 2. The van der Waals surface area contributed by atoms with E-state index in [1.165, 1.54) is 5.56 Å². The van der Waals surface area contributed by atoms with Crippen molar-refractivity contribution in [2.45, 2.75) is 20.0 Å². The summed E-state index contributed by atoms with van der Waals surface area (Å²) < 4.78 is 5.73. The molecule has 0 aliphatic carbocycles. The molecule has 0 atom stereocenters. The highest BCUT2D eigenvalue weighted by atomic mass is 35.5. The van der Waals surface area contributed by atoms with Gasteiger partial charge in [0.1, 0.15) is 12.4 Å². The molecule has 3 heteroatoms. The summed E-state index contributed by atoms with van der Waals surface area (Å²) in [6, 6.07) is 13.3. The number of rotatable bonds is 4. The Bertz CT molecular complexity index is 523. The Kier molecular flexibility index (Phi) is 4.11. The molecule has 0 spiro atoms. The van der Waals surface area contributed by atoms with E-state index < -0.39 is 0 Å². The van der Waals surface area contributed by atoms with Crippen molar-refractivity contribution in [3.63, 3.8) is 0 Å². The van der Waals surface area contributed by atoms with Crippen LogP contribution in [0.15, 0.2) is 42.5 Å². The van der Waals surface area contributed by atoms with Gasteiger partial charge in [0.25, 0.3) is 0 Å². The third-order valence-corrected chi connectivity index (χ3v) is 3.07. The van der Waals surface area contributed by atoms with Crippen molar-refractivity contribution in [2.75, 3.05) is 5.73 Å². The number of halogens is 1. The zero-order valence-electron chi connectivity index (χ0n) is 10.3. The van der Waals surface area contributed by atoms with Crippen LogP contribution in [-0.2, 0) is 13.0 Å². The van der Waals surface area contributed by atoms with Gasteiger partial charge in [-0.05, 0) is 53.9 Å². The minimum absolute atomic E-state index is 0.524. The monoisotopic (exact) mass is 261 g/mol. The largest absolute Gasteiger partial charge is 0.489 e. The standard InChI is InChI=1S/C15H16ClNO/c1-2-11-3-6-14(17)9-12(11)10-18-15-7-4-13(16)5-8-15/h3-9H,2,10,17H2,1H3. The van der Waals surface area contributed by atoms with Crippen molar-refractivity contribution < 1.29 is 4.74 Å². The maximum absolute atomic E-state index is 5.83. The number of hydrogen-bond donors (Lipinski definition) is 1. The van der Waals surface area contributed by atoms with Crippen molar-refractivity contribution in [1.29, 1.82) is 0 Å². The van der Waals surface area contributed by atoms with Gasteiger partial charge in [-0.2, -0.15) is 0 Å². The topological polar surface area (TPSA) is 35.2 Å². The van der Waals surface area contributed by atoms with Gasteiger partial charge in [0, 0.05) is 10.7 Å². The van der Waals surface area contributed by atoms with E-state index in [1.807, 2.05) is 36.4 Å². The van der Waals surface area contributed by atoms with Crippen LogP contribution in [0, 0.1) is 0 Å². The highest BCUT2D eigenvalue weighted by Crippen LogP contribution is 2.19. The second-order valence-corrected chi connectivity index (χ2v) is 4.56. The quantitative estimate of drug-likeness (QED) is 0.843. The number of aryl methyl sites for hydroxylation is 1. The fourth-order valence-corrected chi connectivity index (χ4v) is 1.94. The molecule has 2 aromatic rings. The van der Waals surface area contributed by atoms with Crippen LogP contribution >= 0.6 is 11.6 Å². The van der Waals surface area contributed by atoms with Gasteiger partial charge < -0.3 is 10.5 Å². The van der Waals surface area contributed by atoms with E-state index in [0.717, 1.165) is 23.4 Å².